The van der Waals surface area contributed by atoms with Crippen molar-refractivity contribution >= 4 is 5.69 Å². The maximum absolute atomic E-state index is 14.2. The fraction of sp³-hybridized carbons (Fsp3) is 0.625. The minimum absolute atomic E-state index is 0.126. The van der Waals surface area contributed by atoms with Crippen molar-refractivity contribution < 1.29 is 9.13 Å². The predicted molar refractivity (Wildman–Crippen MR) is 80.6 cm³/mol. The predicted octanol–water partition coefficient (Wildman–Crippen LogP) is 2.94. The maximum atomic E-state index is 14.2. The number of halogens is 1. The number of rotatable bonds is 8. The summed E-state index contributed by atoms with van der Waals surface area (Å²) in [5, 5.41) is 3.41. The van der Waals surface area contributed by atoms with Gasteiger partial charge in [-0.05, 0) is 38.8 Å². The van der Waals surface area contributed by atoms with Gasteiger partial charge < -0.3 is 15.0 Å². The number of anilines is 1. The van der Waals surface area contributed by atoms with E-state index >= 15 is 0 Å². The first-order valence-electron chi connectivity index (χ1n) is 7.39. The molecule has 1 aliphatic carbocycles. The molecule has 2 rings (SSSR count). The molecule has 1 N–H and O–H groups in total. The number of hydrogen-bond donors (Lipinski definition) is 1. The van der Waals surface area contributed by atoms with Crippen molar-refractivity contribution in [2.24, 2.45) is 0 Å². The molecule has 112 valence electrons. The number of nitrogens with zero attached hydrogens (tertiary/aromatic N) is 1. The van der Waals surface area contributed by atoms with Crippen molar-refractivity contribution in [1.82, 2.24) is 5.32 Å². The molecule has 1 aliphatic rings. The smallest absolute Gasteiger partial charge is 0.129 e. The van der Waals surface area contributed by atoms with Crippen LogP contribution in [0.15, 0.2) is 18.2 Å². The van der Waals surface area contributed by atoms with Crippen LogP contribution in [-0.4, -0.2) is 32.3 Å². The van der Waals surface area contributed by atoms with Crippen molar-refractivity contribution in [3.05, 3.63) is 29.6 Å². The summed E-state index contributed by atoms with van der Waals surface area (Å²) < 4.78 is 19.3. The van der Waals surface area contributed by atoms with Crippen LogP contribution in [0.2, 0.25) is 0 Å². The quantitative estimate of drug-likeness (QED) is 0.792. The highest BCUT2D eigenvalue weighted by Gasteiger charge is 2.23. The fourth-order valence-corrected chi connectivity index (χ4v) is 2.37. The standard InChI is InChI=1S/C16H25FN2O/c1-12(2)19(9-10-20-3)16-6-4-5-15(17)14(16)11-18-13-7-8-13/h4-6,12-13,18H,7-11H2,1-3H3. The molecule has 0 heterocycles. The molecule has 1 fully saturated rings. The molecular weight excluding hydrogens is 255 g/mol. The van der Waals surface area contributed by atoms with E-state index in [1.165, 1.54) is 12.8 Å². The Balaban J connectivity index is 2.19. The van der Waals surface area contributed by atoms with Gasteiger partial charge in [0.1, 0.15) is 5.82 Å². The second kappa shape index (κ2) is 7.04. The first-order valence-corrected chi connectivity index (χ1v) is 7.39. The Kier molecular flexibility index (Phi) is 5.38. The first-order chi connectivity index (χ1) is 9.63. The minimum atomic E-state index is -0.126. The van der Waals surface area contributed by atoms with Crippen LogP contribution in [0.4, 0.5) is 10.1 Å². The lowest BCUT2D eigenvalue weighted by molar-refractivity contribution is 0.203. The summed E-state index contributed by atoms with van der Waals surface area (Å²) in [6, 6.07) is 6.22. The average Bonchev–Trinajstić information content (AvgIpc) is 3.22. The van der Waals surface area contributed by atoms with Crippen LogP contribution in [-0.2, 0) is 11.3 Å². The van der Waals surface area contributed by atoms with Gasteiger partial charge in [0.2, 0.25) is 0 Å². The molecule has 3 nitrogen and oxygen atoms in total. The van der Waals surface area contributed by atoms with E-state index in [0.717, 1.165) is 17.8 Å². The van der Waals surface area contributed by atoms with Crippen molar-refractivity contribution in [3.63, 3.8) is 0 Å². The fourth-order valence-electron chi connectivity index (χ4n) is 2.37. The van der Waals surface area contributed by atoms with Crippen LogP contribution < -0.4 is 10.2 Å². The second-order valence-electron chi connectivity index (χ2n) is 5.67. The molecule has 0 saturated heterocycles. The Morgan fingerprint density at radius 1 is 1.40 bits per heavy atom. The molecule has 0 radical (unpaired) electrons. The molecule has 0 unspecified atom stereocenters. The summed E-state index contributed by atoms with van der Waals surface area (Å²) >= 11 is 0. The molecule has 0 atom stereocenters. The van der Waals surface area contributed by atoms with Crippen LogP contribution in [0.3, 0.4) is 0 Å². The highest BCUT2D eigenvalue weighted by molar-refractivity contribution is 5.55. The normalized spacial score (nSPS) is 14.8. The molecule has 4 heteroatoms. The molecule has 0 amide bonds. The van der Waals surface area contributed by atoms with Crippen LogP contribution in [0.5, 0.6) is 0 Å². The number of nitrogens with one attached hydrogen (secondary N) is 1. The highest BCUT2D eigenvalue weighted by atomic mass is 19.1. The van der Waals surface area contributed by atoms with E-state index in [9.17, 15) is 4.39 Å². The van der Waals surface area contributed by atoms with Crippen LogP contribution in [0.25, 0.3) is 0 Å². The number of ether oxygens (including phenoxy) is 1. The summed E-state index contributed by atoms with van der Waals surface area (Å²) in [6.45, 7) is 6.26. The molecule has 1 aromatic rings. The van der Waals surface area contributed by atoms with Gasteiger partial charge in [-0.15, -0.1) is 0 Å². The summed E-state index contributed by atoms with van der Waals surface area (Å²) in [6.07, 6.45) is 2.42. The van der Waals surface area contributed by atoms with Crippen molar-refractivity contribution in [2.45, 2.75) is 45.3 Å². The minimum Gasteiger partial charge on any atom is -0.383 e. The zero-order chi connectivity index (χ0) is 14.5. The van der Waals surface area contributed by atoms with E-state index in [1.54, 1.807) is 19.2 Å². The van der Waals surface area contributed by atoms with Gasteiger partial charge in [0.15, 0.2) is 0 Å². The molecule has 0 spiro atoms. The van der Waals surface area contributed by atoms with Gasteiger partial charge in [-0.1, -0.05) is 6.07 Å². The highest BCUT2D eigenvalue weighted by Crippen LogP contribution is 2.27. The number of benzene rings is 1. The zero-order valence-electron chi connectivity index (χ0n) is 12.7. The zero-order valence-corrected chi connectivity index (χ0v) is 12.7. The SMILES string of the molecule is COCCN(c1cccc(F)c1CNC1CC1)C(C)C. The molecule has 0 aliphatic heterocycles. The van der Waals surface area contributed by atoms with Crippen molar-refractivity contribution in [3.8, 4) is 0 Å². The van der Waals surface area contributed by atoms with Crippen LogP contribution in [0, 0.1) is 5.82 Å². The topological polar surface area (TPSA) is 24.5 Å². The first kappa shape index (κ1) is 15.3. The summed E-state index contributed by atoms with van der Waals surface area (Å²) in [5.74, 6) is -0.126. The lowest BCUT2D eigenvalue weighted by Crippen LogP contribution is -2.35. The molecule has 20 heavy (non-hydrogen) atoms. The van der Waals surface area contributed by atoms with Gasteiger partial charge in [0, 0.05) is 43.5 Å². The number of methoxy groups -OCH3 is 1. The Morgan fingerprint density at radius 2 is 2.15 bits per heavy atom. The lowest BCUT2D eigenvalue weighted by Gasteiger charge is -2.31. The van der Waals surface area contributed by atoms with Gasteiger partial charge >= 0.3 is 0 Å². The van der Waals surface area contributed by atoms with E-state index in [0.29, 0.717) is 25.2 Å². The molecule has 1 aromatic carbocycles. The largest absolute Gasteiger partial charge is 0.383 e. The van der Waals surface area contributed by atoms with Gasteiger partial charge in [-0.3, -0.25) is 0 Å². The van der Waals surface area contributed by atoms with Gasteiger partial charge in [-0.25, -0.2) is 4.39 Å². The number of hydrogen-bond acceptors (Lipinski definition) is 3. The van der Waals surface area contributed by atoms with E-state index in [1.807, 2.05) is 6.07 Å². The molecule has 0 aromatic heterocycles. The Morgan fingerprint density at radius 3 is 2.75 bits per heavy atom. The van der Waals surface area contributed by atoms with Crippen LogP contribution in [0.1, 0.15) is 32.3 Å². The Labute approximate surface area is 121 Å². The van der Waals surface area contributed by atoms with Crippen molar-refractivity contribution in [2.75, 3.05) is 25.2 Å². The lowest BCUT2D eigenvalue weighted by atomic mass is 10.1. The maximum Gasteiger partial charge on any atom is 0.129 e. The molecular formula is C16H25FN2O. The summed E-state index contributed by atoms with van der Waals surface area (Å²) in [5.41, 5.74) is 1.74. The van der Waals surface area contributed by atoms with Gasteiger partial charge in [-0.2, -0.15) is 0 Å². The molecule has 1 saturated carbocycles. The molecule has 0 bridgehead atoms. The Hall–Kier alpha value is -1.13. The van der Waals surface area contributed by atoms with E-state index < -0.39 is 0 Å². The summed E-state index contributed by atoms with van der Waals surface area (Å²) in [7, 11) is 1.69. The third-order valence-corrected chi connectivity index (χ3v) is 3.71. The monoisotopic (exact) mass is 280 g/mol. The second-order valence-corrected chi connectivity index (χ2v) is 5.67. The third kappa shape index (κ3) is 3.93. The van der Waals surface area contributed by atoms with Gasteiger partial charge in [0.05, 0.1) is 6.61 Å². The third-order valence-electron chi connectivity index (χ3n) is 3.71. The van der Waals surface area contributed by atoms with Crippen LogP contribution >= 0.6 is 0 Å². The van der Waals surface area contributed by atoms with Gasteiger partial charge in [0.25, 0.3) is 0 Å². The van der Waals surface area contributed by atoms with E-state index in [-0.39, 0.29) is 5.82 Å². The summed E-state index contributed by atoms with van der Waals surface area (Å²) in [4.78, 5) is 2.20. The van der Waals surface area contributed by atoms with E-state index in [2.05, 4.69) is 24.1 Å². The van der Waals surface area contributed by atoms with E-state index in [4.69, 9.17) is 4.74 Å². The van der Waals surface area contributed by atoms with Crippen molar-refractivity contribution in [1.29, 1.82) is 0 Å². The average molecular weight is 280 g/mol. The Bertz CT molecular complexity index is 432.